The first-order valence-corrected chi connectivity index (χ1v) is 9.77. The maximum absolute atomic E-state index is 12.2. The smallest absolute Gasteiger partial charge is 0.262 e. The summed E-state index contributed by atoms with van der Waals surface area (Å²) in [5, 5.41) is 2.80. The van der Waals surface area contributed by atoms with E-state index in [0.29, 0.717) is 37.0 Å². The van der Waals surface area contributed by atoms with Crippen LogP contribution >= 0.6 is 31.9 Å². The van der Waals surface area contributed by atoms with Crippen LogP contribution in [-0.4, -0.2) is 32.3 Å². The Kier molecular flexibility index (Phi) is 8.41. The van der Waals surface area contributed by atoms with Crippen LogP contribution in [0.4, 0.5) is 5.69 Å². The molecule has 1 amide bonds. The second-order valence-corrected chi connectivity index (χ2v) is 7.21. The topological polar surface area (TPSA) is 56.8 Å². The van der Waals surface area contributed by atoms with Gasteiger partial charge in [0.2, 0.25) is 0 Å². The molecular weight excluding hydrogens is 466 g/mol. The molecule has 0 aliphatic heterocycles. The number of halogens is 2. The molecule has 0 unspecified atom stereocenters. The van der Waals surface area contributed by atoms with Crippen molar-refractivity contribution in [2.24, 2.45) is 0 Å². The van der Waals surface area contributed by atoms with Gasteiger partial charge in [-0.2, -0.15) is 0 Å². The van der Waals surface area contributed by atoms with Crippen molar-refractivity contribution in [1.82, 2.24) is 0 Å². The number of carbonyl (C=O) groups is 1. The third-order valence-electron chi connectivity index (χ3n) is 3.36. The van der Waals surface area contributed by atoms with Crippen LogP contribution in [0.2, 0.25) is 0 Å². The van der Waals surface area contributed by atoms with Gasteiger partial charge in [0.1, 0.15) is 18.1 Å². The number of nitrogens with one attached hydrogen (secondary N) is 1. The van der Waals surface area contributed by atoms with Crippen LogP contribution in [0.25, 0.3) is 0 Å². The quantitative estimate of drug-likeness (QED) is 0.509. The molecule has 0 aromatic heterocycles. The van der Waals surface area contributed by atoms with Gasteiger partial charge in [0.05, 0.1) is 11.1 Å². The van der Waals surface area contributed by atoms with Crippen LogP contribution in [0.5, 0.6) is 11.5 Å². The molecule has 0 saturated heterocycles. The van der Waals surface area contributed by atoms with E-state index in [9.17, 15) is 4.79 Å². The number of rotatable bonds is 9. The highest BCUT2D eigenvalue weighted by molar-refractivity contribution is 9.11. The molecule has 5 nitrogen and oxygen atoms in total. The molecule has 2 rings (SSSR count). The maximum atomic E-state index is 12.2. The Morgan fingerprint density at radius 3 is 2.65 bits per heavy atom. The number of carbonyl (C=O) groups excluding carboxylic acids is 1. The van der Waals surface area contributed by atoms with Crippen molar-refractivity contribution in [3.05, 3.63) is 50.9 Å². The summed E-state index contributed by atoms with van der Waals surface area (Å²) in [5.41, 5.74) is 1.59. The molecular formula is C19H21Br2NO4. The molecule has 0 aliphatic rings. The van der Waals surface area contributed by atoms with Gasteiger partial charge in [-0.1, -0.05) is 22.0 Å². The van der Waals surface area contributed by atoms with Gasteiger partial charge in [-0.3, -0.25) is 4.79 Å². The first kappa shape index (κ1) is 20.7. The van der Waals surface area contributed by atoms with E-state index >= 15 is 0 Å². The first-order valence-electron chi connectivity index (χ1n) is 8.18. The summed E-state index contributed by atoms with van der Waals surface area (Å²) in [5.74, 6) is 1.08. The van der Waals surface area contributed by atoms with Crippen molar-refractivity contribution in [3.8, 4) is 11.5 Å². The standard InChI is InChI=1S/C19H21Br2NO4/c1-3-24-7-8-25-16-6-4-5-15(11-16)22-18(23)12-26-19-13(2)9-14(20)10-17(19)21/h4-6,9-11H,3,7-8,12H2,1-2H3,(H,22,23). The number of amides is 1. The van der Waals surface area contributed by atoms with E-state index in [1.807, 2.05) is 38.1 Å². The lowest BCUT2D eigenvalue weighted by Crippen LogP contribution is -2.20. The predicted molar refractivity (Wildman–Crippen MR) is 109 cm³/mol. The fourth-order valence-corrected chi connectivity index (χ4v) is 3.79. The van der Waals surface area contributed by atoms with Gasteiger partial charge in [0, 0.05) is 22.8 Å². The fraction of sp³-hybridized carbons (Fsp3) is 0.316. The van der Waals surface area contributed by atoms with E-state index in [2.05, 4.69) is 37.2 Å². The Hall–Kier alpha value is -1.57. The lowest BCUT2D eigenvalue weighted by Gasteiger charge is -2.12. The first-order chi connectivity index (χ1) is 12.5. The van der Waals surface area contributed by atoms with Crippen LogP contribution in [-0.2, 0) is 9.53 Å². The van der Waals surface area contributed by atoms with Crippen LogP contribution in [0.15, 0.2) is 45.3 Å². The van der Waals surface area contributed by atoms with E-state index in [0.717, 1.165) is 14.5 Å². The summed E-state index contributed by atoms with van der Waals surface area (Å²) in [6.45, 7) is 5.43. The number of ether oxygens (including phenoxy) is 3. The summed E-state index contributed by atoms with van der Waals surface area (Å²) in [6.07, 6.45) is 0. The zero-order chi connectivity index (χ0) is 18.9. The summed E-state index contributed by atoms with van der Waals surface area (Å²) in [7, 11) is 0. The average molecular weight is 487 g/mol. The molecule has 2 aromatic carbocycles. The highest BCUT2D eigenvalue weighted by atomic mass is 79.9. The normalized spacial score (nSPS) is 10.5. The molecule has 0 radical (unpaired) electrons. The van der Waals surface area contributed by atoms with Gasteiger partial charge in [0.25, 0.3) is 5.91 Å². The highest BCUT2D eigenvalue weighted by Gasteiger charge is 2.10. The van der Waals surface area contributed by atoms with Gasteiger partial charge >= 0.3 is 0 Å². The molecule has 0 fully saturated rings. The fourth-order valence-electron chi connectivity index (χ4n) is 2.23. The summed E-state index contributed by atoms with van der Waals surface area (Å²) in [4.78, 5) is 12.2. The SMILES string of the molecule is CCOCCOc1cccc(NC(=O)COc2c(C)cc(Br)cc2Br)c1. The van der Waals surface area contributed by atoms with E-state index in [1.165, 1.54) is 0 Å². The molecule has 140 valence electrons. The van der Waals surface area contributed by atoms with E-state index in [4.69, 9.17) is 14.2 Å². The summed E-state index contributed by atoms with van der Waals surface area (Å²) >= 11 is 6.87. The molecule has 0 heterocycles. The predicted octanol–water partition coefficient (Wildman–Crippen LogP) is 4.95. The van der Waals surface area contributed by atoms with Crippen molar-refractivity contribution in [2.45, 2.75) is 13.8 Å². The van der Waals surface area contributed by atoms with Crippen LogP contribution in [0.3, 0.4) is 0 Å². The number of hydrogen-bond donors (Lipinski definition) is 1. The van der Waals surface area contributed by atoms with Gasteiger partial charge in [-0.15, -0.1) is 0 Å². The zero-order valence-corrected chi connectivity index (χ0v) is 17.9. The minimum Gasteiger partial charge on any atom is -0.491 e. The Bertz CT molecular complexity index is 729. The lowest BCUT2D eigenvalue weighted by molar-refractivity contribution is -0.118. The molecule has 0 aliphatic carbocycles. The zero-order valence-electron chi connectivity index (χ0n) is 14.7. The summed E-state index contributed by atoms with van der Waals surface area (Å²) in [6, 6.07) is 11.0. The highest BCUT2D eigenvalue weighted by Crippen LogP contribution is 2.32. The van der Waals surface area contributed by atoms with E-state index in [1.54, 1.807) is 12.1 Å². The third-order valence-corrected chi connectivity index (χ3v) is 4.41. The largest absolute Gasteiger partial charge is 0.491 e. The van der Waals surface area contributed by atoms with Crippen LogP contribution in [0.1, 0.15) is 12.5 Å². The molecule has 0 saturated carbocycles. The Morgan fingerprint density at radius 2 is 1.92 bits per heavy atom. The second kappa shape index (κ2) is 10.5. The van der Waals surface area contributed by atoms with E-state index in [-0.39, 0.29) is 12.5 Å². The Balaban J connectivity index is 1.88. The van der Waals surface area contributed by atoms with Crippen LogP contribution in [0, 0.1) is 6.92 Å². The molecule has 7 heteroatoms. The minimum absolute atomic E-state index is 0.0868. The molecule has 26 heavy (non-hydrogen) atoms. The van der Waals surface area contributed by atoms with Crippen molar-refractivity contribution in [3.63, 3.8) is 0 Å². The molecule has 1 N–H and O–H groups in total. The Morgan fingerprint density at radius 1 is 1.12 bits per heavy atom. The lowest BCUT2D eigenvalue weighted by atomic mass is 10.2. The van der Waals surface area contributed by atoms with Gasteiger partial charge < -0.3 is 19.5 Å². The van der Waals surface area contributed by atoms with Crippen molar-refractivity contribution >= 4 is 43.5 Å². The summed E-state index contributed by atoms with van der Waals surface area (Å²) < 4.78 is 18.2. The number of aryl methyl sites for hydroxylation is 1. The number of hydrogen-bond acceptors (Lipinski definition) is 4. The van der Waals surface area contributed by atoms with Gasteiger partial charge in [-0.25, -0.2) is 0 Å². The molecule has 0 bridgehead atoms. The van der Waals surface area contributed by atoms with Gasteiger partial charge in [-0.05, 0) is 59.6 Å². The van der Waals surface area contributed by atoms with Crippen molar-refractivity contribution in [1.29, 1.82) is 0 Å². The molecule has 0 spiro atoms. The van der Waals surface area contributed by atoms with Crippen molar-refractivity contribution in [2.75, 3.05) is 31.7 Å². The third kappa shape index (κ3) is 6.63. The van der Waals surface area contributed by atoms with E-state index < -0.39 is 0 Å². The minimum atomic E-state index is -0.245. The molecule has 2 aromatic rings. The number of anilines is 1. The maximum Gasteiger partial charge on any atom is 0.262 e. The Labute approximate surface area is 170 Å². The van der Waals surface area contributed by atoms with Crippen molar-refractivity contribution < 1.29 is 19.0 Å². The second-order valence-electron chi connectivity index (χ2n) is 5.44. The van der Waals surface area contributed by atoms with Gasteiger partial charge in [0.15, 0.2) is 6.61 Å². The monoisotopic (exact) mass is 485 g/mol. The average Bonchev–Trinajstić information content (AvgIpc) is 2.58. The number of benzene rings is 2. The molecule has 0 atom stereocenters. The van der Waals surface area contributed by atoms with Crippen LogP contribution < -0.4 is 14.8 Å².